The predicted octanol–water partition coefficient (Wildman–Crippen LogP) is 5.62. The van der Waals surface area contributed by atoms with Crippen LogP contribution in [0.2, 0.25) is 0 Å². The van der Waals surface area contributed by atoms with Crippen molar-refractivity contribution < 1.29 is 9.15 Å². The maximum Gasteiger partial charge on any atom is 0.253 e. The minimum absolute atomic E-state index is 0.180. The van der Waals surface area contributed by atoms with Crippen molar-refractivity contribution in [2.45, 2.75) is 65.2 Å². The molecule has 0 unspecified atom stereocenters. The van der Waals surface area contributed by atoms with Crippen molar-refractivity contribution in [2.75, 3.05) is 7.11 Å². The summed E-state index contributed by atoms with van der Waals surface area (Å²) >= 11 is 0. The van der Waals surface area contributed by atoms with E-state index >= 15 is 0 Å². The number of fused-ring (bicyclic) bond motifs is 1. The normalized spacial score (nSPS) is 12.8. The zero-order chi connectivity index (χ0) is 28.3. The first-order chi connectivity index (χ1) is 19.3. The molecule has 5 aromatic rings. The fraction of sp³-hybridized carbons (Fsp3) is 0.355. The summed E-state index contributed by atoms with van der Waals surface area (Å²) in [7, 11) is 1.66. The molecule has 0 bridgehead atoms. The van der Waals surface area contributed by atoms with E-state index in [1.165, 1.54) is 5.56 Å². The lowest BCUT2D eigenvalue weighted by atomic mass is 9.98. The number of rotatable bonds is 11. The number of nitrogens with one attached hydrogen (secondary N) is 1. The smallest absolute Gasteiger partial charge is 0.253 e. The summed E-state index contributed by atoms with van der Waals surface area (Å²) in [4.78, 5) is 19.1. The molecule has 40 heavy (non-hydrogen) atoms. The van der Waals surface area contributed by atoms with Crippen molar-refractivity contribution in [3.8, 4) is 5.75 Å². The Bertz CT molecular complexity index is 1640. The summed E-state index contributed by atoms with van der Waals surface area (Å²) in [6, 6.07) is 19.3. The van der Waals surface area contributed by atoms with E-state index in [4.69, 9.17) is 9.15 Å². The number of hydrogen-bond acceptors (Lipinski definition) is 7. The highest BCUT2D eigenvalue weighted by Crippen LogP contribution is 2.33. The first-order valence-electron chi connectivity index (χ1n) is 13.7. The lowest BCUT2D eigenvalue weighted by Crippen LogP contribution is -2.38. The molecular weight excluding hydrogens is 504 g/mol. The number of ether oxygens (including phenoxy) is 1. The van der Waals surface area contributed by atoms with E-state index in [0.29, 0.717) is 24.5 Å². The Hall–Kier alpha value is -4.24. The summed E-state index contributed by atoms with van der Waals surface area (Å²) in [6.07, 6.45) is 3.37. The number of H-pyrrole nitrogens is 1. The van der Waals surface area contributed by atoms with Crippen LogP contribution in [0.3, 0.4) is 0 Å². The first kappa shape index (κ1) is 27.3. The van der Waals surface area contributed by atoms with E-state index in [2.05, 4.69) is 59.2 Å². The highest BCUT2D eigenvalue weighted by atomic mass is 16.5. The summed E-state index contributed by atoms with van der Waals surface area (Å²) in [5.41, 5.74) is 3.03. The molecule has 208 valence electrons. The number of furan rings is 1. The molecule has 2 aromatic carbocycles. The molecule has 1 N–H and O–H groups in total. The molecule has 0 aliphatic heterocycles. The summed E-state index contributed by atoms with van der Waals surface area (Å²) in [5.74, 6) is 2.13. The summed E-state index contributed by atoms with van der Waals surface area (Å²) < 4.78 is 13.1. The molecule has 5 rings (SSSR count). The minimum atomic E-state index is -0.574. The van der Waals surface area contributed by atoms with Gasteiger partial charge in [0.1, 0.15) is 17.6 Å². The second-order valence-corrected chi connectivity index (χ2v) is 10.7. The van der Waals surface area contributed by atoms with E-state index in [1.807, 2.05) is 59.3 Å². The maximum absolute atomic E-state index is 13.8. The van der Waals surface area contributed by atoms with Crippen molar-refractivity contribution >= 4 is 10.9 Å². The summed E-state index contributed by atoms with van der Waals surface area (Å²) in [5, 5.41) is 14.0. The topological polar surface area (TPSA) is 102 Å². The Morgan fingerprint density at radius 3 is 2.62 bits per heavy atom. The lowest BCUT2D eigenvalue weighted by molar-refractivity contribution is 0.168. The van der Waals surface area contributed by atoms with Crippen molar-refractivity contribution in [1.29, 1.82) is 0 Å². The molecule has 9 heteroatoms. The van der Waals surface area contributed by atoms with E-state index in [0.717, 1.165) is 40.8 Å². The Balaban J connectivity index is 1.73. The van der Waals surface area contributed by atoms with Crippen LogP contribution in [0.25, 0.3) is 10.9 Å². The molecule has 3 aromatic heterocycles. The average molecular weight is 541 g/mol. The van der Waals surface area contributed by atoms with Gasteiger partial charge in [-0.3, -0.25) is 9.69 Å². The van der Waals surface area contributed by atoms with Gasteiger partial charge in [-0.05, 0) is 96.1 Å². The van der Waals surface area contributed by atoms with Crippen molar-refractivity contribution in [1.82, 2.24) is 30.1 Å². The van der Waals surface area contributed by atoms with Crippen molar-refractivity contribution in [3.05, 3.63) is 106 Å². The molecule has 0 saturated carbocycles. The van der Waals surface area contributed by atoms with Crippen LogP contribution in [-0.2, 0) is 25.0 Å². The van der Waals surface area contributed by atoms with E-state index in [9.17, 15) is 4.79 Å². The van der Waals surface area contributed by atoms with Crippen LogP contribution in [0, 0.1) is 0 Å². The molecule has 0 aliphatic carbocycles. The molecule has 9 nitrogen and oxygen atoms in total. The third kappa shape index (κ3) is 5.56. The Morgan fingerprint density at radius 1 is 1.05 bits per heavy atom. The van der Waals surface area contributed by atoms with Crippen LogP contribution >= 0.6 is 0 Å². The quantitative estimate of drug-likeness (QED) is 0.232. The average Bonchev–Trinajstić information content (AvgIpc) is 3.66. The van der Waals surface area contributed by atoms with Crippen LogP contribution in [0.1, 0.15) is 68.4 Å². The second kappa shape index (κ2) is 11.5. The van der Waals surface area contributed by atoms with Crippen LogP contribution in [0.15, 0.2) is 76.1 Å². The standard InChI is InChI=1S/C31H36N6O3/c1-6-21-13-14-27-23(16-21)18-26(30(38)32-27)28(29-33-34-35-37(29)31(3,4)7-2)36(20-25-12-9-15-40-25)19-22-10-8-11-24(17-22)39-5/h8-18,28H,6-7,19-20H2,1-5H3,(H,32,38)/t28-/m0/s1. The second-order valence-electron chi connectivity index (χ2n) is 10.7. The highest BCUT2D eigenvalue weighted by molar-refractivity contribution is 5.80. The molecule has 3 heterocycles. The van der Waals surface area contributed by atoms with E-state index in [-0.39, 0.29) is 11.1 Å². The maximum atomic E-state index is 13.8. The van der Waals surface area contributed by atoms with Crippen LogP contribution < -0.4 is 10.3 Å². The monoisotopic (exact) mass is 540 g/mol. The molecule has 0 radical (unpaired) electrons. The molecule has 1 atom stereocenters. The van der Waals surface area contributed by atoms with Crippen LogP contribution in [0.5, 0.6) is 5.75 Å². The predicted molar refractivity (Wildman–Crippen MR) is 154 cm³/mol. The number of aromatic nitrogens is 5. The van der Waals surface area contributed by atoms with Gasteiger partial charge in [-0.15, -0.1) is 5.10 Å². The number of aryl methyl sites for hydroxylation is 1. The number of hydrogen-bond donors (Lipinski definition) is 1. The number of nitrogens with zero attached hydrogens (tertiary/aromatic N) is 5. The fourth-order valence-electron chi connectivity index (χ4n) is 4.99. The van der Waals surface area contributed by atoms with Crippen LogP contribution in [0.4, 0.5) is 0 Å². The SMILES string of the molecule is CCc1ccc2[nH]c(=O)c([C@@H](c3nnnn3C(C)(C)CC)N(Cc3cccc(OC)c3)Cc3ccco3)cc2c1. The van der Waals surface area contributed by atoms with Crippen LogP contribution in [-0.4, -0.2) is 37.2 Å². The fourth-order valence-corrected chi connectivity index (χ4v) is 4.99. The summed E-state index contributed by atoms with van der Waals surface area (Å²) in [6.45, 7) is 9.35. The van der Waals surface area contributed by atoms with Crippen molar-refractivity contribution in [3.63, 3.8) is 0 Å². The third-order valence-corrected chi connectivity index (χ3v) is 7.64. The van der Waals surface area contributed by atoms with Gasteiger partial charge in [0, 0.05) is 17.6 Å². The first-order valence-corrected chi connectivity index (χ1v) is 13.7. The van der Waals surface area contributed by atoms with Gasteiger partial charge in [0.2, 0.25) is 0 Å². The number of methoxy groups -OCH3 is 1. The number of aromatic amines is 1. The number of pyridine rings is 1. The largest absolute Gasteiger partial charge is 0.497 e. The number of tetrazole rings is 1. The van der Waals surface area contributed by atoms with Gasteiger partial charge in [0.25, 0.3) is 5.56 Å². The molecular formula is C31H36N6O3. The molecule has 0 spiro atoms. The molecule has 0 saturated heterocycles. The van der Waals surface area contributed by atoms with E-state index < -0.39 is 6.04 Å². The molecule has 0 fully saturated rings. The Morgan fingerprint density at radius 2 is 1.90 bits per heavy atom. The van der Waals surface area contributed by atoms with Gasteiger partial charge < -0.3 is 14.1 Å². The Kier molecular flexibility index (Phi) is 7.84. The van der Waals surface area contributed by atoms with Gasteiger partial charge in [-0.25, -0.2) is 4.68 Å². The minimum Gasteiger partial charge on any atom is -0.497 e. The van der Waals surface area contributed by atoms with Gasteiger partial charge >= 0.3 is 0 Å². The number of benzene rings is 2. The zero-order valence-corrected chi connectivity index (χ0v) is 23.7. The lowest BCUT2D eigenvalue weighted by Gasteiger charge is -2.33. The Labute approximate surface area is 233 Å². The van der Waals surface area contributed by atoms with Gasteiger partial charge in [0.15, 0.2) is 5.82 Å². The zero-order valence-electron chi connectivity index (χ0n) is 23.7. The highest BCUT2D eigenvalue weighted by Gasteiger charge is 2.35. The van der Waals surface area contributed by atoms with E-state index in [1.54, 1.807) is 13.4 Å². The van der Waals surface area contributed by atoms with Gasteiger partial charge in [0.05, 0.1) is 25.5 Å². The van der Waals surface area contributed by atoms with Gasteiger partial charge in [-0.2, -0.15) is 0 Å². The molecule has 0 amide bonds. The molecule has 0 aliphatic rings. The van der Waals surface area contributed by atoms with Crippen molar-refractivity contribution in [2.24, 2.45) is 0 Å². The third-order valence-electron chi connectivity index (χ3n) is 7.64. The van der Waals surface area contributed by atoms with Gasteiger partial charge in [-0.1, -0.05) is 32.0 Å².